The van der Waals surface area contributed by atoms with Crippen LogP contribution in [0.15, 0.2) is 59.6 Å². The van der Waals surface area contributed by atoms with Crippen LogP contribution in [0.1, 0.15) is 31.9 Å². The van der Waals surface area contributed by atoms with E-state index in [1.807, 2.05) is 61.5 Å². The van der Waals surface area contributed by atoms with Crippen LogP contribution in [0.5, 0.6) is 0 Å². The first kappa shape index (κ1) is 23.9. The van der Waals surface area contributed by atoms with Crippen LogP contribution in [0.3, 0.4) is 0 Å². The lowest BCUT2D eigenvalue weighted by Gasteiger charge is -2.25. The number of halogens is 1. The number of carbonyl (C=O) groups is 1. The number of aliphatic hydroxyl groups is 1. The third kappa shape index (κ3) is 7.85. The molecule has 2 rings (SSSR count). The van der Waals surface area contributed by atoms with Crippen molar-refractivity contribution in [3.63, 3.8) is 0 Å². The first-order valence-corrected chi connectivity index (χ1v) is 9.07. The summed E-state index contributed by atoms with van der Waals surface area (Å²) in [5, 5.41) is 19.9. The summed E-state index contributed by atoms with van der Waals surface area (Å²) in [6, 6.07) is 17.1. The highest BCUT2D eigenvalue weighted by Crippen LogP contribution is 2.18. The van der Waals surface area contributed by atoms with Gasteiger partial charge in [-0.2, -0.15) is 0 Å². The van der Waals surface area contributed by atoms with Crippen LogP contribution in [-0.2, 0) is 16.9 Å². The van der Waals surface area contributed by atoms with E-state index in [2.05, 4.69) is 20.9 Å². The van der Waals surface area contributed by atoms with Crippen LogP contribution in [0.25, 0.3) is 0 Å². The molecule has 0 aliphatic carbocycles. The largest absolute Gasteiger partial charge is 0.384 e. The van der Waals surface area contributed by atoms with Crippen molar-refractivity contribution >= 4 is 41.5 Å². The van der Waals surface area contributed by atoms with Gasteiger partial charge in [-0.25, -0.2) is 4.99 Å². The highest BCUT2D eigenvalue weighted by Gasteiger charge is 2.22. The number of benzene rings is 2. The van der Waals surface area contributed by atoms with Crippen LogP contribution < -0.4 is 16.0 Å². The number of guanidine groups is 1. The fourth-order valence-electron chi connectivity index (χ4n) is 2.62. The van der Waals surface area contributed by atoms with Crippen LogP contribution >= 0.6 is 24.0 Å². The van der Waals surface area contributed by atoms with Gasteiger partial charge in [0.25, 0.3) is 0 Å². The van der Waals surface area contributed by atoms with Crippen molar-refractivity contribution in [2.24, 2.45) is 4.99 Å². The topological polar surface area (TPSA) is 85.8 Å². The summed E-state index contributed by atoms with van der Waals surface area (Å²) in [6.07, 6.45) is 0. The minimum atomic E-state index is -1.01. The number of aliphatic imine (C=N–C) groups is 1. The standard InChI is InChI=1S/C21H28N4O2.HI/c1-4-22-20(24-15-21(3,27)18-10-6-5-7-11-18)23-14-17-9-8-12-19(13-17)25-16(2)26;/h5-13,27H,4,14-15H2,1-3H3,(H,25,26)(H2,22,23,24);1H. The van der Waals surface area contributed by atoms with E-state index in [4.69, 9.17) is 0 Å². The molecule has 1 atom stereocenters. The molecule has 2 aromatic rings. The molecule has 0 radical (unpaired) electrons. The average molecular weight is 496 g/mol. The second-order valence-corrected chi connectivity index (χ2v) is 6.57. The Hall–Kier alpha value is -2.13. The van der Waals surface area contributed by atoms with Crippen LogP contribution in [0, 0.1) is 0 Å². The van der Waals surface area contributed by atoms with Gasteiger partial charge < -0.3 is 21.1 Å². The number of hydrogen-bond acceptors (Lipinski definition) is 3. The van der Waals surface area contributed by atoms with Gasteiger partial charge in [0.2, 0.25) is 5.91 Å². The molecule has 0 aliphatic heterocycles. The lowest BCUT2D eigenvalue weighted by atomic mass is 9.96. The molecule has 6 nitrogen and oxygen atoms in total. The second-order valence-electron chi connectivity index (χ2n) is 6.57. The van der Waals surface area contributed by atoms with Gasteiger partial charge in [-0.1, -0.05) is 42.5 Å². The number of nitrogens with zero attached hydrogens (tertiary/aromatic N) is 1. The van der Waals surface area contributed by atoms with E-state index >= 15 is 0 Å². The van der Waals surface area contributed by atoms with E-state index in [9.17, 15) is 9.90 Å². The van der Waals surface area contributed by atoms with Crippen molar-refractivity contribution in [1.29, 1.82) is 0 Å². The summed E-state index contributed by atoms with van der Waals surface area (Å²) >= 11 is 0. The normalized spacial score (nSPS) is 13.1. The van der Waals surface area contributed by atoms with E-state index in [1.54, 1.807) is 6.92 Å². The van der Waals surface area contributed by atoms with Crippen LogP contribution in [-0.4, -0.2) is 30.1 Å². The molecule has 0 saturated heterocycles. The fraction of sp³-hybridized carbons (Fsp3) is 0.333. The summed E-state index contributed by atoms with van der Waals surface area (Å²) in [6.45, 7) is 6.74. The van der Waals surface area contributed by atoms with Crippen molar-refractivity contribution in [3.8, 4) is 0 Å². The third-order valence-corrected chi connectivity index (χ3v) is 4.01. The van der Waals surface area contributed by atoms with Crippen molar-refractivity contribution in [3.05, 3.63) is 65.7 Å². The van der Waals surface area contributed by atoms with Gasteiger partial charge in [0.1, 0.15) is 5.60 Å². The molecule has 28 heavy (non-hydrogen) atoms. The Bertz CT molecular complexity index is 779. The molecule has 0 saturated carbocycles. The molecule has 0 bridgehead atoms. The zero-order chi connectivity index (χ0) is 19.7. The zero-order valence-electron chi connectivity index (χ0n) is 16.5. The minimum absolute atomic E-state index is 0. The fourth-order valence-corrected chi connectivity index (χ4v) is 2.62. The maximum Gasteiger partial charge on any atom is 0.221 e. The highest BCUT2D eigenvalue weighted by atomic mass is 127. The van der Waals surface area contributed by atoms with Gasteiger partial charge in [-0.05, 0) is 37.1 Å². The molecule has 152 valence electrons. The Kier molecular flexibility index (Phi) is 9.95. The van der Waals surface area contributed by atoms with E-state index in [-0.39, 0.29) is 29.9 Å². The SMILES string of the molecule is CCNC(=NCc1cccc(NC(C)=O)c1)NCC(C)(O)c1ccccc1.I. The summed E-state index contributed by atoms with van der Waals surface area (Å²) in [4.78, 5) is 15.8. The van der Waals surface area contributed by atoms with E-state index < -0.39 is 5.60 Å². The summed E-state index contributed by atoms with van der Waals surface area (Å²) in [5.41, 5.74) is 1.56. The first-order chi connectivity index (χ1) is 12.9. The summed E-state index contributed by atoms with van der Waals surface area (Å²) < 4.78 is 0. The number of nitrogens with one attached hydrogen (secondary N) is 3. The molecule has 4 N–H and O–H groups in total. The monoisotopic (exact) mass is 496 g/mol. The van der Waals surface area contributed by atoms with Gasteiger partial charge in [-0.15, -0.1) is 24.0 Å². The van der Waals surface area contributed by atoms with Gasteiger partial charge in [-0.3, -0.25) is 4.79 Å². The molecule has 0 aromatic heterocycles. The number of amides is 1. The van der Waals surface area contributed by atoms with Crippen molar-refractivity contribution in [1.82, 2.24) is 10.6 Å². The first-order valence-electron chi connectivity index (χ1n) is 9.07. The highest BCUT2D eigenvalue weighted by molar-refractivity contribution is 14.0. The lowest BCUT2D eigenvalue weighted by Crippen LogP contribution is -2.44. The number of rotatable bonds is 7. The summed E-state index contributed by atoms with van der Waals surface area (Å²) in [7, 11) is 0. The quantitative estimate of drug-likeness (QED) is 0.270. The maximum atomic E-state index is 11.2. The van der Waals surface area contributed by atoms with E-state index in [1.165, 1.54) is 6.92 Å². The lowest BCUT2D eigenvalue weighted by molar-refractivity contribution is -0.114. The smallest absolute Gasteiger partial charge is 0.221 e. The summed E-state index contributed by atoms with van der Waals surface area (Å²) in [5.74, 6) is 0.521. The molecule has 0 aliphatic rings. The molecule has 0 fully saturated rings. The predicted molar refractivity (Wildman–Crippen MR) is 125 cm³/mol. The van der Waals surface area contributed by atoms with Gasteiger partial charge in [0.05, 0.1) is 13.1 Å². The Labute approximate surface area is 183 Å². The van der Waals surface area contributed by atoms with Gasteiger partial charge >= 0.3 is 0 Å². The predicted octanol–water partition coefficient (Wildman–Crippen LogP) is 3.23. The molecule has 0 spiro atoms. The maximum absolute atomic E-state index is 11.2. The second kappa shape index (κ2) is 11.7. The molecule has 2 aromatic carbocycles. The molecular weight excluding hydrogens is 467 g/mol. The molecule has 0 heterocycles. The Morgan fingerprint density at radius 1 is 1.11 bits per heavy atom. The van der Waals surface area contributed by atoms with Crippen molar-refractivity contribution in [2.45, 2.75) is 32.9 Å². The van der Waals surface area contributed by atoms with E-state index in [0.717, 1.165) is 16.8 Å². The number of carbonyl (C=O) groups excluding carboxylic acids is 1. The molecular formula is C21H29IN4O2. The van der Waals surface area contributed by atoms with Crippen LogP contribution in [0.2, 0.25) is 0 Å². The van der Waals surface area contributed by atoms with E-state index in [0.29, 0.717) is 25.6 Å². The molecule has 1 amide bonds. The molecule has 7 heteroatoms. The minimum Gasteiger partial charge on any atom is -0.384 e. The Balaban J connectivity index is 0.00000392. The zero-order valence-corrected chi connectivity index (χ0v) is 18.9. The Morgan fingerprint density at radius 2 is 1.82 bits per heavy atom. The number of anilines is 1. The molecule has 1 unspecified atom stereocenters. The van der Waals surface area contributed by atoms with Gasteiger partial charge in [0.15, 0.2) is 5.96 Å². The number of hydrogen-bond donors (Lipinski definition) is 4. The third-order valence-electron chi connectivity index (χ3n) is 4.01. The van der Waals surface area contributed by atoms with Gasteiger partial charge in [0, 0.05) is 19.2 Å². The van der Waals surface area contributed by atoms with Crippen LogP contribution in [0.4, 0.5) is 5.69 Å². The Morgan fingerprint density at radius 3 is 2.46 bits per heavy atom. The average Bonchev–Trinajstić information content (AvgIpc) is 2.64. The van der Waals surface area contributed by atoms with Crippen molar-refractivity contribution in [2.75, 3.05) is 18.4 Å². The van der Waals surface area contributed by atoms with Crippen molar-refractivity contribution < 1.29 is 9.90 Å².